The first-order chi connectivity index (χ1) is 19.2. The average molecular weight is 521 g/mol. The lowest BCUT2D eigenvalue weighted by molar-refractivity contribution is -0.686. The van der Waals surface area contributed by atoms with Crippen molar-refractivity contribution < 1.29 is 28.3 Å². The molecule has 3 heterocycles. The fourth-order valence-electron chi connectivity index (χ4n) is 6.25. The molecule has 0 amide bonds. The second-order valence-electron chi connectivity index (χ2n) is 10.00. The zero-order valence-electron chi connectivity index (χ0n) is 22.4. The molecule has 0 N–H and O–H groups in total. The van der Waals surface area contributed by atoms with Crippen LogP contribution in [0.5, 0.6) is 28.7 Å². The summed E-state index contributed by atoms with van der Waals surface area (Å²) in [5, 5.41) is 4.58. The van der Waals surface area contributed by atoms with E-state index in [1.165, 1.54) is 38.7 Å². The van der Waals surface area contributed by atoms with Crippen molar-refractivity contribution >= 4 is 21.5 Å². The van der Waals surface area contributed by atoms with E-state index in [9.17, 15) is 0 Å². The largest absolute Gasteiger partial charge is 0.496 e. The highest BCUT2D eigenvalue weighted by molar-refractivity contribution is 5.95. The maximum absolute atomic E-state index is 5.88. The molecule has 0 unspecified atom stereocenters. The standard InChI is InChI=1S/C33H30NO5/c1-35-28-12-9-20(22-6-4-5-7-24(22)28)8-10-25-23-11-13-29(36-2)33(37-3)27(23)18-34-15-14-21-16-30-31(39-19-38-30)17-26(21)32(25)34/h4-7,9,11-13,16-18H,8,10,14-15,19H2,1-3H3/q+1. The van der Waals surface area contributed by atoms with Crippen LogP contribution in [0.3, 0.4) is 0 Å². The minimum atomic E-state index is 0.268. The quantitative estimate of drug-likeness (QED) is 0.256. The van der Waals surface area contributed by atoms with Crippen molar-refractivity contribution in [2.45, 2.75) is 25.8 Å². The third-order valence-electron chi connectivity index (χ3n) is 8.08. The first-order valence-electron chi connectivity index (χ1n) is 13.3. The first kappa shape index (κ1) is 23.7. The van der Waals surface area contributed by atoms with Crippen LogP contribution in [0.25, 0.3) is 32.8 Å². The Morgan fingerprint density at radius 3 is 2.31 bits per heavy atom. The molecule has 0 spiro atoms. The van der Waals surface area contributed by atoms with Crippen molar-refractivity contribution in [3.8, 4) is 40.0 Å². The van der Waals surface area contributed by atoms with Gasteiger partial charge in [0, 0.05) is 22.8 Å². The second kappa shape index (κ2) is 9.38. The van der Waals surface area contributed by atoms with Crippen molar-refractivity contribution in [2.75, 3.05) is 28.1 Å². The lowest BCUT2D eigenvalue weighted by Crippen LogP contribution is -2.41. The van der Waals surface area contributed by atoms with Gasteiger partial charge >= 0.3 is 0 Å². The summed E-state index contributed by atoms with van der Waals surface area (Å²) in [5.41, 5.74) is 6.30. The Bertz CT molecular complexity index is 1760. The number of nitrogens with zero attached hydrogens (tertiary/aromatic N) is 1. The Morgan fingerprint density at radius 2 is 1.51 bits per heavy atom. The van der Waals surface area contributed by atoms with E-state index >= 15 is 0 Å². The third kappa shape index (κ3) is 3.74. The number of benzene rings is 4. The number of fused-ring (bicyclic) bond motifs is 6. The van der Waals surface area contributed by atoms with Crippen LogP contribution >= 0.6 is 0 Å². The highest BCUT2D eigenvalue weighted by atomic mass is 16.7. The molecule has 196 valence electrons. The van der Waals surface area contributed by atoms with Gasteiger partial charge in [0.2, 0.25) is 12.5 Å². The summed E-state index contributed by atoms with van der Waals surface area (Å²) in [6, 6.07) is 21.2. The van der Waals surface area contributed by atoms with Crippen LogP contribution in [-0.2, 0) is 25.8 Å². The molecule has 2 aliphatic heterocycles. The van der Waals surface area contributed by atoms with Gasteiger partial charge in [-0.05, 0) is 59.7 Å². The Hall–Kier alpha value is -4.45. The first-order valence-corrected chi connectivity index (χ1v) is 13.3. The molecule has 0 bridgehead atoms. The number of ether oxygens (including phenoxy) is 5. The minimum Gasteiger partial charge on any atom is -0.496 e. The summed E-state index contributed by atoms with van der Waals surface area (Å²) >= 11 is 0. The number of methoxy groups -OCH3 is 3. The van der Waals surface area contributed by atoms with Gasteiger partial charge in [0.05, 0.1) is 32.3 Å². The molecule has 1 aromatic heterocycles. The maximum atomic E-state index is 5.88. The average Bonchev–Trinajstić information content (AvgIpc) is 3.44. The van der Waals surface area contributed by atoms with Crippen molar-refractivity contribution in [3.05, 3.63) is 83.6 Å². The molecule has 0 atom stereocenters. The van der Waals surface area contributed by atoms with Crippen LogP contribution < -0.4 is 28.3 Å². The van der Waals surface area contributed by atoms with Gasteiger partial charge in [-0.2, -0.15) is 4.57 Å². The van der Waals surface area contributed by atoms with E-state index in [1.54, 1.807) is 21.3 Å². The highest BCUT2D eigenvalue weighted by Crippen LogP contribution is 2.44. The van der Waals surface area contributed by atoms with Gasteiger partial charge in [0.1, 0.15) is 5.75 Å². The second-order valence-corrected chi connectivity index (χ2v) is 10.00. The van der Waals surface area contributed by atoms with Gasteiger partial charge in [-0.15, -0.1) is 0 Å². The SMILES string of the molecule is COc1ccc2c(CCc3ccc(OC)c4ccccc34)c3[n+](cc2c1OC)CCc1cc2c(cc1-3)OCO2. The molecule has 0 fully saturated rings. The van der Waals surface area contributed by atoms with E-state index in [1.807, 2.05) is 6.07 Å². The predicted molar refractivity (Wildman–Crippen MR) is 150 cm³/mol. The molecule has 0 aliphatic carbocycles. The van der Waals surface area contributed by atoms with E-state index in [0.717, 1.165) is 65.3 Å². The van der Waals surface area contributed by atoms with Crippen LogP contribution in [0, 0.1) is 0 Å². The molecule has 2 aliphatic rings. The van der Waals surface area contributed by atoms with E-state index < -0.39 is 0 Å². The molecule has 0 saturated heterocycles. The summed E-state index contributed by atoms with van der Waals surface area (Å²) in [7, 11) is 5.12. The predicted octanol–water partition coefficient (Wildman–Crippen LogP) is 6.04. The Morgan fingerprint density at radius 1 is 0.744 bits per heavy atom. The lowest BCUT2D eigenvalue weighted by Gasteiger charge is -2.21. The molecule has 6 heteroatoms. The van der Waals surface area contributed by atoms with E-state index in [2.05, 4.69) is 65.4 Å². The molecule has 5 aromatic rings. The lowest BCUT2D eigenvalue weighted by atomic mass is 9.88. The fraction of sp³-hybridized carbons (Fsp3) is 0.242. The fourth-order valence-corrected chi connectivity index (χ4v) is 6.25. The van der Waals surface area contributed by atoms with Crippen LogP contribution in [0.1, 0.15) is 16.7 Å². The van der Waals surface area contributed by atoms with Gasteiger partial charge in [0.25, 0.3) is 0 Å². The van der Waals surface area contributed by atoms with E-state index in [4.69, 9.17) is 23.7 Å². The zero-order chi connectivity index (χ0) is 26.5. The van der Waals surface area contributed by atoms with Crippen molar-refractivity contribution in [1.82, 2.24) is 0 Å². The summed E-state index contributed by atoms with van der Waals surface area (Å²) in [6.45, 7) is 1.14. The molecule has 0 radical (unpaired) electrons. The molecular weight excluding hydrogens is 490 g/mol. The Balaban J connectivity index is 1.43. The van der Waals surface area contributed by atoms with E-state index in [0.29, 0.717) is 0 Å². The molecule has 0 saturated carbocycles. The van der Waals surface area contributed by atoms with Crippen molar-refractivity contribution in [3.63, 3.8) is 0 Å². The van der Waals surface area contributed by atoms with Crippen LogP contribution in [0.4, 0.5) is 0 Å². The number of hydrogen-bond acceptors (Lipinski definition) is 5. The summed E-state index contributed by atoms with van der Waals surface area (Å²) < 4.78 is 31.1. The number of pyridine rings is 1. The number of aromatic nitrogens is 1. The van der Waals surface area contributed by atoms with Gasteiger partial charge in [-0.1, -0.05) is 30.3 Å². The monoisotopic (exact) mass is 520 g/mol. The molecule has 7 rings (SSSR count). The molecule has 4 aromatic carbocycles. The van der Waals surface area contributed by atoms with Crippen LogP contribution in [0.15, 0.2) is 66.9 Å². The van der Waals surface area contributed by atoms with Crippen LogP contribution in [-0.4, -0.2) is 28.1 Å². The summed E-state index contributed by atoms with van der Waals surface area (Å²) in [4.78, 5) is 0. The van der Waals surface area contributed by atoms with Crippen LogP contribution in [0.2, 0.25) is 0 Å². The van der Waals surface area contributed by atoms with E-state index in [-0.39, 0.29) is 6.79 Å². The zero-order valence-corrected chi connectivity index (χ0v) is 22.4. The number of hydrogen-bond donors (Lipinski definition) is 0. The van der Waals surface area contributed by atoms with Gasteiger partial charge in [-0.3, -0.25) is 0 Å². The Labute approximate surface area is 227 Å². The third-order valence-corrected chi connectivity index (χ3v) is 8.08. The smallest absolute Gasteiger partial charge is 0.231 e. The Kier molecular flexibility index (Phi) is 5.69. The summed E-state index contributed by atoms with van der Waals surface area (Å²) in [5.74, 6) is 4.03. The summed E-state index contributed by atoms with van der Waals surface area (Å²) in [6.07, 6.45) is 4.87. The van der Waals surface area contributed by atoms with Crippen molar-refractivity contribution in [2.24, 2.45) is 0 Å². The highest BCUT2D eigenvalue weighted by Gasteiger charge is 2.32. The normalized spacial score (nSPS) is 13.3. The number of aryl methyl sites for hydroxylation is 4. The van der Waals surface area contributed by atoms with Gasteiger partial charge < -0.3 is 23.7 Å². The minimum absolute atomic E-state index is 0.268. The molecule has 39 heavy (non-hydrogen) atoms. The molecule has 6 nitrogen and oxygen atoms in total. The molecular formula is C33H30NO5+. The topological polar surface area (TPSA) is 50.0 Å². The van der Waals surface area contributed by atoms with Gasteiger partial charge in [-0.25, -0.2) is 0 Å². The number of rotatable bonds is 6. The van der Waals surface area contributed by atoms with Gasteiger partial charge in [0.15, 0.2) is 35.7 Å². The van der Waals surface area contributed by atoms with Crippen molar-refractivity contribution in [1.29, 1.82) is 0 Å². The maximum Gasteiger partial charge on any atom is 0.231 e.